The van der Waals surface area contributed by atoms with Crippen LogP contribution in [-0.4, -0.2) is 30.6 Å². The Hall–Kier alpha value is -3.61. The summed E-state index contributed by atoms with van der Waals surface area (Å²) in [6.45, 7) is 2.00. The molecular weight excluding hydrogens is 358 g/mol. The van der Waals surface area contributed by atoms with Gasteiger partial charge in [-0.25, -0.2) is 4.79 Å². The van der Waals surface area contributed by atoms with Crippen molar-refractivity contribution in [2.75, 3.05) is 19.0 Å². The van der Waals surface area contributed by atoms with Crippen molar-refractivity contribution >= 4 is 17.6 Å². The van der Waals surface area contributed by atoms with Crippen molar-refractivity contribution in [2.45, 2.75) is 12.8 Å². The van der Waals surface area contributed by atoms with Crippen LogP contribution < -0.4 is 10.6 Å². The molecule has 1 aromatic carbocycles. The van der Waals surface area contributed by atoms with Crippen LogP contribution in [0.3, 0.4) is 0 Å². The molecule has 2 aromatic rings. The smallest absolute Gasteiger partial charge is 0.355 e. The van der Waals surface area contributed by atoms with Crippen LogP contribution in [-0.2, 0) is 19.1 Å². The van der Waals surface area contributed by atoms with Gasteiger partial charge in [0.2, 0.25) is 0 Å². The van der Waals surface area contributed by atoms with Crippen LogP contribution in [0.2, 0.25) is 0 Å². The Morgan fingerprint density at radius 3 is 2.54 bits per heavy atom. The summed E-state index contributed by atoms with van der Waals surface area (Å²) in [5.74, 6) is -1.68. The number of anilines is 1. The van der Waals surface area contributed by atoms with Crippen molar-refractivity contribution in [1.29, 1.82) is 0 Å². The molecule has 0 fully saturated rings. The molecule has 2 N–H and O–H groups in total. The van der Waals surface area contributed by atoms with Crippen LogP contribution in [0.25, 0.3) is 0 Å². The van der Waals surface area contributed by atoms with Gasteiger partial charge in [0.1, 0.15) is 11.6 Å². The molecule has 1 aromatic heterocycles. The van der Waals surface area contributed by atoms with Crippen LogP contribution in [0.4, 0.5) is 5.69 Å². The van der Waals surface area contributed by atoms with Crippen molar-refractivity contribution in [1.82, 2.24) is 10.3 Å². The van der Waals surface area contributed by atoms with Crippen LogP contribution >= 0.6 is 0 Å². The fourth-order valence-corrected chi connectivity index (χ4v) is 2.28. The van der Waals surface area contributed by atoms with Crippen LogP contribution in [0, 0.1) is 0 Å². The van der Waals surface area contributed by atoms with Crippen LogP contribution in [0.5, 0.6) is 0 Å². The minimum atomic E-state index is -0.699. The number of aromatic nitrogens is 1. The predicted octanol–water partition coefficient (Wildman–Crippen LogP) is 2.96. The molecule has 28 heavy (non-hydrogen) atoms. The maximum Gasteiger partial charge on any atom is 0.355 e. The van der Waals surface area contributed by atoms with Crippen molar-refractivity contribution in [3.05, 3.63) is 84.6 Å². The largest absolute Gasteiger partial charge is 0.465 e. The Kier molecular flexibility index (Phi) is 8.26. The second-order valence-corrected chi connectivity index (χ2v) is 5.55. The van der Waals surface area contributed by atoms with Crippen LogP contribution in [0.15, 0.2) is 78.9 Å². The minimum absolute atomic E-state index is 0.172. The third-order valence-corrected chi connectivity index (χ3v) is 3.64. The summed E-state index contributed by atoms with van der Waals surface area (Å²) in [6, 6.07) is 14.7. The number of rotatable bonds is 9. The monoisotopic (exact) mass is 381 g/mol. The zero-order chi connectivity index (χ0) is 20.2. The minimum Gasteiger partial charge on any atom is -0.465 e. The van der Waals surface area contributed by atoms with E-state index in [4.69, 9.17) is 9.47 Å². The van der Waals surface area contributed by atoms with Gasteiger partial charge in [-0.3, -0.25) is 9.78 Å². The van der Waals surface area contributed by atoms with Gasteiger partial charge in [-0.15, -0.1) is 0 Å². The molecule has 7 heteroatoms. The van der Waals surface area contributed by atoms with Gasteiger partial charge in [0.05, 0.1) is 19.4 Å². The lowest BCUT2D eigenvalue weighted by molar-refractivity contribution is -0.143. The van der Waals surface area contributed by atoms with E-state index in [9.17, 15) is 9.59 Å². The quantitative estimate of drug-likeness (QED) is 0.510. The molecule has 146 valence electrons. The summed E-state index contributed by atoms with van der Waals surface area (Å²) < 4.78 is 9.89. The Morgan fingerprint density at radius 2 is 1.89 bits per heavy atom. The van der Waals surface area contributed by atoms with Crippen molar-refractivity contribution in [3.8, 4) is 0 Å². The number of ether oxygens (including phenoxy) is 2. The second kappa shape index (κ2) is 11.2. The highest BCUT2D eigenvalue weighted by atomic mass is 16.5. The molecule has 0 amide bonds. The fraction of sp³-hybridized carbons (Fsp3) is 0.190. The van der Waals surface area contributed by atoms with Crippen molar-refractivity contribution in [3.63, 3.8) is 0 Å². The predicted molar refractivity (Wildman–Crippen MR) is 106 cm³/mol. The van der Waals surface area contributed by atoms with Crippen molar-refractivity contribution in [2.24, 2.45) is 0 Å². The van der Waals surface area contributed by atoms with Gasteiger partial charge >= 0.3 is 11.9 Å². The number of carbonyl (C=O) groups is 2. The molecule has 0 saturated carbocycles. The highest BCUT2D eigenvalue weighted by Crippen LogP contribution is 2.16. The summed E-state index contributed by atoms with van der Waals surface area (Å²) in [5, 5.41) is 5.86. The second-order valence-electron chi connectivity index (χ2n) is 5.55. The van der Waals surface area contributed by atoms with E-state index >= 15 is 0 Å². The molecule has 7 nitrogen and oxygen atoms in total. The van der Waals surface area contributed by atoms with E-state index in [0.29, 0.717) is 5.69 Å². The number of benzene rings is 1. The van der Waals surface area contributed by atoms with Gasteiger partial charge in [0, 0.05) is 18.1 Å². The molecule has 0 aliphatic rings. The van der Waals surface area contributed by atoms with Crippen LogP contribution in [0.1, 0.15) is 18.5 Å². The maximum absolute atomic E-state index is 12.3. The first kappa shape index (κ1) is 20.7. The average molecular weight is 381 g/mol. The Bertz CT molecular complexity index is 820. The Morgan fingerprint density at radius 1 is 1.14 bits per heavy atom. The molecule has 1 atom stereocenters. The average Bonchev–Trinajstić information content (AvgIpc) is 2.74. The molecule has 0 saturated heterocycles. The molecule has 2 rings (SSSR count). The fourth-order valence-electron chi connectivity index (χ4n) is 2.28. The SMILES string of the molecule is CCOC(=O)C(/C=C\N/C(=C\Nc1ccccc1)C(=O)OC)c1ccccn1. The number of hydrogen-bond acceptors (Lipinski definition) is 7. The molecule has 1 heterocycles. The zero-order valence-electron chi connectivity index (χ0n) is 15.8. The van der Waals surface area contributed by atoms with Gasteiger partial charge in [-0.05, 0) is 43.5 Å². The first-order valence-corrected chi connectivity index (χ1v) is 8.76. The highest BCUT2D eigenvalue weighted by Gasteiger charge is 2.20. The molecule has 0 radical (unpaired) electrons. The lowest BCUT2D eigenvalue weighted by Crippen LogP contribution is -2.20. The number of esters is 2. The standard InChI is InChI=1S/C21H23N3O4/c1-3-28-20(25)17(18-11-7-8-13-22-18)12-14-23-19(21(26)27-2)15-24-16-9-5-4-6-10-16/h4-15,17,23-24H,3H2,1-2H3/b14-12-,19-15-. The van der Waals surface area contributed by atoms with Crippen molar-refractivity contribution < 1.29 is 19.1 Å². The first-order valence-electron chi connectivity index (χ1n) is 8.76. The third kappa shape index (κ3) is 6.28. The number of para-hydroxylation sites is 1. The maximum atomic E-state index is 12.3. The molecule has 0 spiro atoms. The lowest BCUT2D eigenvalue weighted by Gasteiger charge is -2.12. The highest BCUT2D eigenvalue weighted by molar-refractivity contribution is 5.88. The normalized spacial score (nSPS) is 12.3. The lowest BCUT2D eigenvalue weighted by atomic mass is 10.1. The Labute approximate surface area is 164 Å². The van der Waals surface area contributed by atoms with E-state index in [0.717, 1.165) is 5.69 Å². The summed E-state index contributed by atoms with van der Waals surface area (Å²) in [4.78, 5) is 28.5. The molecule has 0 bridgehead atoms. The van der Waals surface area contributed by atoms with Gasteiger partial charge in [-0.2, -0.15) is 0 Å². The number of pyridine rings is 1. The van der Waals surface area contributed by atoms with E-state index in [1.54, 1.807) is 37.4 Å². The Balaban J connectivity index is 2.14. The summed E-state index contributed by atoms with van der Waals surface area (Å²) in [7, 11) is 1.29. The number of hydrogen-bond donors (Lipinski definition) is 2. The zero-order valence-corrected chi connectivity index (χ0v) is 15.8. The molecule has 1 unspecified atom stereocenters. The summed E-state index contributed by atoms with van der Waals surface area (Å²) in [6.07, 6.45) is 6.17. The summed E-state index contributed by atoms with van der Waals surface area (Å²) in [5.41, 5.74) is 1.53. The number of nitrogens with zero attached hydrogens (tertiary/aromatic N) is 1. The van der Waals surface area contributed by atoms with E-state index < -0.39 is 17.9 Å². The number of methoxy groups -OCH3 is 1. The van der Waals surface area contributed by atoms with Gasteiger partial charge in [-0.1, -0.05) is 24.3 Å². The van der Waals surface area contributed by atoms with Gasteiger partial charge in [0.25, 0.3) is 0 Å². The van der Waals surface area contributed by atoms with E-state index in [1.165, 1.54) is 19.5 Å². The number of carbonyl (C=O) groups excluding carboxylic acids is 2. The third-order valence-electron chi connectivity index (χ3n) is 3.64. The van der Waals surface area contributed by atoms with E-state index in [2.05, 4.69) is 15.6 Å². The summed E-state index contributed by atoms with van der Waals surface area (Å²) >= 11 is 0. The molecular formula is C21H23N3O4. The van der Waals surface area contributed by atoms with E-state index in [1.807, 2.05) is 30.3 Å². The molecule has 0 aliphatic carbocycles. The number of nitrogens with one attached hydrogen (secondary N) is 2. The first-order chi connectivity index (χ1) is 13.7. The topological polar surface area (TPSA) is 89.6 Å². The van der Waals surface area contributed by atoms with Gasteiger partial charge in [0.15, 0.2) is 0 Å². The molecule has 0 aliphatic heterocycles. The van der Waals surface area contributed by atoms with Gasteiger partial charge < -0.3 is 20.1 Å². The van der Waals surface area contributed by atoms with E-state index in [-0.39, 0.29) is 12.3 Å².